The van der Waals surface area contributed by atoms with Gasteiger partial charge in [0.2, 0.25) is 0 Å². The van der Waals surface area contributed by atoms with Gasteiger partial charge in [0.1, 0.15) is 5.78 Å². The molecule has 1 nitrogen and oxygen atoms in total. The molecule has 0 aliphatic heterocycles. The quantitative estimate of drug-likeness (QED) is 0.677. The Kier molecular flexibility index (Phi) is 8.18. The molecule has 0 aromatic carbocycles. The van der Waals surface area contributed by atoms with Gasteiger partial charge in [-0.05, 0) is 5.92 Å². The van der Waals surface area contributed by atoms with Crippen molar-refractivity contribution in [2.24, 2.45) is 5.92 Å². The lowest BCUT2D eigenvalue weighted by Crippen LogP contribution is -2.09. The Bertz CT molecular complexity index is 179. The summed E-state index contributed by atoms with van der Waals surface area (Å²) in [6, 6.07) is 0. The first-order chi connectivity index (χ1) is 7.83. The second-order valence-electron chi connectivity index (χ2n) is 5.15. The van der Waals surface area contributed by atoms with E-state index in [0.29, 0.717) is 17.0 Å². The average molecular weight is 289 g/mol. The average Bonchev–Trinajstić information content (AvgIpc) is 2.35. The summed E-state index contributed by atoms with van der Waals surface area (Å²) >= 11 is 3.27. The van der Waals surface area contributed by atoms with Crippen molar-refractivity contribution in [1.29, 1.82) is 0 Å². The highest BCUT2D eigenvalue weighted by atomic mass is 79.9. The van der Waals surface area contributed by atoms with E-state index in [1.807, 2.05) is 0 Å². The lowest BCUT2D eigenvalue weighted by Gasteiger charge is -2.15. The van der Waals surface area contributed by atoms with Crippen LogP contribution in [0.2, 0.25) is 0 Å². The molecular weight excluding hydrogens is 264 g/mol. The molecule has 16 heavy (non-hydrogen) atoms. The van der Waals surface area contributed by atoms with Crippen LogP contribution in [-0.2, 0) is 4.79 Å². The molecule has 0 N–H and O–H groups in total. The summed E-state index contributed by atoms with van der Waals surface area (Å²) in [4.78, 5) is 11.5. The number of alkyl halides is 1. The van der Waals surface area contributed by atoms with Crippen molar-refractivity contribution in [3.05, 3.63) is 0 Å². The van der Waals surface area contributed by atoms with Gasteiger partial charge in [-0.1, -0.05) is 80.1 Å². The van der Waals surface area contributed by atoms with E-state index in [9.17, 15) is 4.79 Å². The third kappa shape index (κ3) is 6.67. The van der Waals surface area contributed by atoms with Crippen LogP contribution < -0.4 is 0 Å². The highest BCUT2D eigenvalue weighted by Gasteiger charge is 2.13. The SMILES string of the molecule is O=C(CBr)CC1CCCCCCCCCC1. The Morgan fingerprint density at radius 1 is 0.875 bits per heavy atom. The van der Waals surface area contributed by atoms with Crippen molar-refractivity contribution in [1.82, 2.24) is 0 Å². The number of halogens is 1. The molecule has 1 aliphatic carbocycles. The van der Waals surface area contributed by atoms with Gasteiger partial charge in [-0.2, -0.15) is 0 Å². The van der Waals surface area contributed by atoms with Gasteiger partial charge in [-0.3, -0.25) is 4.79 Å². The summed E-state index contributed by atoms with van der Waals surface area (Å²) in [7, 11) is 0. The second kappa shape index (κ2) is 9.21. The number of ketones is 1. The van der Waals surface area contributed by atoms with Crippen molar-refractivity contribution >= 4 is 21.7 Å². The van der Waals surface area contributed by atoms with Crippen molar-refractivity contribution in [3.8, 4) is 0 Å². The minimum Gasteiger partial charge on any atom is -0.299 e. The van der Waals surface area contributed by atoms with Crippen LogP contribution in [0.5, 0.6) is 0 Å². The summed E-state index contributed by atoms with van der Waals surface area (Å²) in [6.07, 6.45) is 14.4. The van der Waals surface area contributed by atoms with E-state index < -0.39 is 0 Å². The molecule has 0 radical (unpaired) electrons. The largest absolute Gasteiger partial charge is 0.299 e. The lowest BCUT2D eigenvalue weighted by atomic mass is 9.91. The van der Waals surface area contributed by atoms with Crippen molar-refractivity contribution in [2.75, 3.05) is 5.33 Å². The van der Waals surface area contributed by atoms with Crippen molar-refractivity contribution in [3.63, 3.8) is 0 Å². The zero-order valence-electron chi connectivity index (χ0n) is 10.3. The highest BCUT2D eigenvalue weighted by Crippen LogP contribution is 2.24. The summed E-state index contributed by atoms with van der Waals surface area (Å²) in [5, 5.41) is 0.545. The first-order valence-corrected chi connectivity index (χ1v) is 8.02. The molecule has 2 heteroatoms. The van der Waals surface area contributed by atoms with Crippen LogP contribution >= 0.6 is 15.9 Å². The Morgan fingerprint density at radius 2 is 1.31 bits per heavy atom. The zero-order chi connectivity index (χ0) is 11.6. The van der Waals surface area contributed by atoms with Crippen LogP contribution in [0.4, 0.5) is 0 Å². The highest BCUT2D eigenvalue weighted by molar-refractivity contribution is 9.09. The molecular formula is C14H25BrO. The summed E-state index contributed by atoms with van der Waals surface area (Å²) < 4.78 is 0. The Balaban J connectivity index is 2.30. The summed E-state index contributed by atoms with van der Waals surface area (Å²) in [5.41, 5.74) is 0. The van der Waals surface area contributed by atoms with Gasteiger partial charge in [0, 0.05) is 6.42 Å². The minimum atomic E-state index is 0.389. The smallest absolute Gasteiger partial charge is 0.143 e. The fourth-order valence-electron chi connectivity index (χ4n) is 2.65. The van der Waals surface area contributed by atoms with E-state index in [1.165, 1.54) is 64.2 Å². The van der Waals surface area contributed by atoms with Gasteiger partial charge in [0.15, 0.2) is 0 Å². The summed E-state index contributed by atoms with van der Waals surface area (Å²) in [5.74, 6) is 1.06. The molecule has 1 saturated carbocycles. The number of Topliss-reactive ketones (excluding diaryl/α,β-unsaturated/α-hetero) is 1. The molecule has 1 rings (SSSR count). The van der Waals surface area contributed by atoms with Gasteiger partial charge in [-0.15, -0.1) is 0 Å². The van der Waals surface area contributed by atoms with E-state index in [2.05, 4.69) is 15.9 Å². The maximum Gasteiger partial charge on any atom is 0.143 e. The molecule has 1 aliphatic rings. The van der Waals surface area contributed by atoms with Crippen LogP contribution in [0.15, 0.2) is 0 Å². The van der Waals surface area contributed by atoms with Gasteiger partial charge in [0.05, 0.1) is 5.33 Å². The second-order valence-corrected chi connectivity index (χ2v) is 5.71. The molecule has 94 valence electrons. The van der Waals surface area contributed by atoms with Crippen LogP contribution in [0.3, 0.4) is 0 Å². The molecule has 0 bridgehead atoms. The topological polar surface area (TPSA) is 17.1 Å². The zero-order valence-corrected chi connectivity index (χ0v) is 11.9. The fourth-order valence-corrected chi connectivity index (χ4v) is 2.88. The van der Waals surface area contributed by atoms with Crippen LogP contribution in [-0.4, -0.2) is 11.1 Å². The maximum atomic E-state index is 11.5. The standard InChI is InChI=1S/C14H25BrO/c15-12-14(16)11-13-9-7-5-3-1-2-4-6-8-10-13/h13H,1-12H2. The van der Waals surface area contributed by atoms with Gasteiger partial charge >= 0.3 is 0 Å². The van der Waals surface area contributed by atoms with Crippen molar-refractivity contribution in [2.45, 2.75) is 70.6 Å². The fraction of sp³-hybridized carbons (Fsp3) is 0.929. The molecule has 0 atom stereocenters. The molecule has 0 saturated heterocycles. The number of hydrogen-bond donors (Lipinski definition) is 0. The van der Waals surface area contributed by atoms with E-state index in [4.69, 9.17) is 0 Å². The predicted molar refractivity (Wildman–Crippen MR) is 73.1 cm³/mol. The van der Waals surface area contributed by atoms with Crippen LogP contribution in [0.1, 0.15) is 70.6 Å². The molecule has 0 amide bonds. The van der Waals surface area contributed by atoms with Gasteiger partial charge in [-0.25, -0.2) is 0 Å². The maximum absolute atomic E-state index is 11.5. The number of rotatable bonds is 3. The lowest BCUT2D eigenvalue weighted by molar-refractivity contribution is -0.117. The number of carbonyl (C=O) groups excluding carboxylic acids is 1. The van der Waals surface area contributed by atoms with E-state index >= 15 is 0 Å². The van der Waals surface area contributed by atoms with Gasteiger partial charge < -0.3 is 0 Å². The monoisotopic (exact) mass is 288 g/mol. The van der Waals surface area contributed by atoms with E-state index in [1.54, 1.807) is 0 Å². The van der Waals surface area contributed by atoms with Crippen LogP contribution in [0.25, 0.3) is 0 Å². The molecule has 0 aromatic heterocycles. The molecule has 0 unspecified atom stereocenters. The minimum absolute atomic E-state index is 0.389. The normalized spacial score (nSPS) is 21.3. The van der Waals surface area contributed by atoms with Gasteiger partial charge in [0.25, 0.3) is 0 Å². The molecule has 0 heterocycles. The first-order valence-electron chi connectivity index (χ1n) is 6.90. The predicted octanol–water partition coefficient (Wildman–Crippen LogP) is 4.87. The van der Waals surface area contributed by atoms with Crippen molar-refractivity contribution < 1.29 is 4.79 Å². The van der Waals surface area contributed by atoms with Crippen LogP contribution in [0, 0.1) is 5.92 Å². The Labute approximate surface area is 109 Å². The third-order valence-corrected chi connectivity index (χ3v) is 4.27. The molecule has 0 aromatic rings. The van der Waals surface area contributed by atoms with E-state index in [0.717, 1.165) is 6.42 Å². The Morgan fingerprint density at radius 3 is 1.75 bits per heavy atom. The van der Waals surface area contributed by atoms with E-state index in [-0.39, 0.29) is 0 Å². The number of hydrogen-bond acceptors (Lipinski definition) is 1. The Hall–Kier alpha value is 0.150. The molecule has 0 spiro atoms. The number of carbonyl (C=O) groups is 1. The molecule has 1 fully saturated rings. The summed E-state index contributed by atoms with van der Waals surface area (Å²) in [6.45, 7) is 0. The third-order valence-electron chi connectivity index (χ3n) is 3.64. The first kappa shape index (κ1) is 14.2.